The molecule has 0 bridgehead atoms. The van der Waals surface area contributed by atoms with Gasteiger partial charge in [-0.1, -0.05) is 18.2 Å². The Balaban J connectivity index is 1.57. The van der Waals surface area contributed by atoms with Gasteiger partial charge in [0, 0.05) is 43.4 Å². The summed E-state index contributed by atoms with van der Waals surface area (Å²) in [5.74, 6) is -0.365. The fourth-order valence-electron chi connectivity index (χ4n) is 4.79. The SMILES string of the molecule is CCN(C(=O)Cc1ccc(S(C)(=O)=O)cc1)C1CCN(CCC(N)(C(=O)OC(C)(C)C)c2cccs2)CC1. The molecule has 38 heavy (non-hydrogen) atoms. The molecule has 1 aromatic heterocycles. The highest BCUT2D eigenvalue weighted by Gasteiger charge is 2.41. The minimum absolute atomic E-state index is 0.0432. The molecular weight excluding hydrogens is 522 g/mol. The molecule has 0 radical (unpaired) electrons. The van der Waals surface area contributed by atoms with E-state index in [9.17, 15) is 18.0 Å². The molecule has 1 aliphatic heterocycles. The van der Waals surface area contributed by atoms with Crippen molar-refractivity contribution in [1.29, 1.82) is 0 Å². The van der Waals surface area contributed by atoms with Crippen LogP contribution in [-0.2, 0) is 36.1 Å². The van der Waals surface area contributed by atoms with Gasteiger partial charge in [-0.2, -0.15) is 0 Å². The summed E-state index contributed by atoms with van der Waals surface area (Å²) in [5.41, 5.74) is 5.68. The van der Waals surface area contributed by atoms with E-state index >= 15 is 0 Å². The first kappa shape index (κ1) is 30.3. The van der Waals surface area contributed by atoms with Gasteiger partial charge >= 0.3 is 5.97 Å². The van der Waals surface area contributed by atoms with Gasteiger partial charge in [-0.05, 0) is 76.1 Å². The fourth-order valence-corrected chi connectivity index (χ4v) is 6.27. The first-order valence-electron chi connectivity index (χ1n) is 13.1. The van der Waals surface area contributed by atoms with Gasteiger partial charge in [0.05, 0.1) is 11.3 Å². The lowest BCUT2D eigenvalue weighted by molar-refractivity contribution is -0.162. The van der Waals surface area contributed by atoms with E-state index in [2.05, 4.69) is 4.90 Å². The predicted octanol–water partition coefficient (Wildman–Crippen LogP) is 3.59. The van der Waals surface area contributed by atoms with Crippen molar-refractivity contribution in [2.24, 2.45) is 5.73 Å². The van der Waals surface area contributed by atoms with Crippen LogP contribution in [0.25, 0.3) is 0 Å². The summed E-state index contributed by atoms with van der Waals surface area (Å²) < 4.78 is 29.1. The lowest BCUT2D eigenvalue weighted by Gasteiger charge is -2.39. The number of amides is 1. The van der Waals surface area contributed by atoms with Crippen molar-refractivity contribution in [2.75, 3.05) is 32.4 Å². The highest BCUT2D eigenvalue weighted by Crippen LogP contribution is 2.31. The number of nitrogens with zero attached hydrogens (tertiary/aromatic N) is 2. The number of rotatable bonds is 10. The standard InChI is InChI=1S/C28H41N3O5S2/c1-6-31(25(32)20-21-9-11-23(12-10-21)38(5,34)35)22-13-16-30(17-14-22)18-15-28(29,24-8-7-19-37-24)26(33)36-27(2,3)4/h7-12,19,22H,6,13-18,20,29H2,1-5H3. The van der Waals surface area contributed by atoms with Crippen LogP contribution in [0.5, 0.6) is 0 Å². The zero-order valence-corrected chi connectivity index (χ0v) is 24.7. The smallest absolute Gasteiger partial charge is 0.332 e. The zero-order chi connectivity index (χ0) is 28.1. The van der Waals surface area contributed by atoms with E-state index in [1.165, 1.54) is 17.6 Å². The van der Waals surface area contributed by atoms with Crippen molar-refractivity contribution in [1.82, 2.24) is 9.80 Å². The first-order valence-corrected chi connectivity index (χ1v) is 15.9. The van der Waals surface area contributed by atoms with Gasteiger partial charge < -0.3 is 20.3 Å². The minimum atomic E-state index is -3.26. The number of ether oxygens (including phenoxy) is 1. The number of likely N-dealkylation sites (tertiary alicyclic amines) is 1. The van der Waals surface area contributed by atoms with Gasteiger partial charge in [-0.15, -0.1) is 11.3 Å². The summed E-state index contributed by atoms with van der Waals surface area (Å²) in [4.78, 5) is 31.5. The summed E-state index contributed by atoms with van der Waals surface area (Å²) in [6, 6.07) is 10.5. The third-order valence-corrected chi connectivity index (χ3v) is 9.09. The van der Waals surface area contributed by atoms with Crippen LogP contribution in [0.2, 0.25) is 0 Å². The summed E-state index contributed by atoms with van der Waals surface area (Å²) in [6.07, 6.45) is 3.55. The Morgan fingerprint density at radius 1 is 1.13 bits per heavy atom. The Labute approximate surface area is 231 Å². The monoisotopic (exact) mass is 563 g/mol. The molecule has 1 atom stereocenters. The number of hydrogen-bond acceptors (Lipinski definition) is 8. The molecule has 1 amide bonds. The zero-order valence-electron chi connectivity index (χ0n) is 23.1. The molecule has 1 aromatic carbocycles. The molecule has 3 rings (SSSR count). The molecule has 0 aliphatic carbocycles. The maximum absolute atomic E-state index is 13.1. The third kappa shape index (κ3) is 7.88. The van der Waals surface area contributed by atoms with Crippen LogP contribution in [0.4, 0.5) is 0 Å². The second-order valence-electron chi connectivity index (χ2n) is 11.0. The highest BCUT2D eigenvalue weighted by atomic mass is 32.2. The minimum Gasteiger partial charge on any atom is -0.458 e. The van der Waals surface area contributed by atoms with E-state index in [0.29, 0.717) is 19.5 Å². The van der Waals surface area contributed by atoms with E-state index in [1.54, 1.807) is 24.3 Å². The number of thiophene rings is 1. The molecule has 1 fully saturated rings. The molecule has 0 saturated carbocycles. The Morgan fingerprint density at radius 3 is 2.26 bits per heavy atom. The lowest BCUT2D eigenvalue weighted by Crippen LogP contribution is -2.51. The maximum atomic E-state index is 13.1. The average molecular weight is 564 g/mol. The van der Waals surface area contributed by atoms with E-state index in [1.807, 2.05) is 50.1 Å². The first-order chi connectivity index (χ1) is 17.7. The van der Waals surface area contributed by atoms with Crippen LogP contribution < -0.4 is 5.73 Å². The molecular formula is C28H41N3O5S2. The van der Waals surface area contributed by atoms with Crippen molar-refractivity contribution >= 4 is 33.1 Å². The van der Waals surface area contributed by atoms with Gasteiger partial charge in [0.15, 0.2) is 15.4 Å². The largest absolute Gasteiger partial charge is 0.458 e. The van der Waals surface area contributed by atoms with Crippen LogP contribution in [0.1, 0.15) is 57.4 Å². The van der Waals surface area contributed by atoms with Gasteiger partial charge in [0.2, 0.25) is 5.91 Å². The van der Waals surface area contributed by atoms with E-state index in [-0.39, 0.29) is 23.3 Å². The molecule has 2 heterocycles. The van der Waals surface area contributed by atoms with Crippen molar-refractivity contribution in [3.05, 3.63) is 52.2 Å². The Bertz CT molecular complexity index is 1180. The number of carbonyl (C=O) groups is 2. The number of benzene rings is 1. The van der Waals surface area contributed by atoms with Crippen LogP contribution >= 0.6 is 11.3 Å². The van der Waals surface area contributed by atoms with Crippen molar-refractivity contribution < 1.29 is 22.7 Å². The van der Waals surface area contributed by atoms with Gasteiger partial charge in [-0.3, -0.25) is 4.79 Å². The average Bonchev–Trinajstić information content (AvgIpc) is 3.38. The van der Waals surface area contributed by atoms with E-state index in [0.717, 1.165) is 36.4 Å². The normalized spacial score (nSPS) is 17.1. The Morgan fingerprint density at radius 2 is 1.76 bits per heavy atom. The molecule has 10 heteroatoms. The van der Waals surface area contributed by atoms with Crippen LogP contribution in [0, 0.1) is 0 Å². The Hall–Kier alpha value is -2.27. The molecule has 0 spiro atoms. The molecule has 1 aliphatic rings. The Kier molecular flexibility index (Phi) is 9.78. The quantitative estimate of drug-likeness (QED) is 0.440. The number of esters is 1. The van der Waals surface area contributed by atoms with Gasteiger partial charge in [-0.25, -0.2) is 13.2 Å². The number of carbonyl (C=O) groups excluding carboxylic acids is 2. The lowest BCUT2D eigenvalue weighted by atomic mass is 9.93. The molecule has 8 nitrogen and oxygen atoms in total. The van der Waals surface area contributed by atoms with Crippen molar-refractivity contribution in [3.8, 4) is 0 Å². The number of piperidine rings is 1. The maximum Gasteiger partial charge on any atom is 0.332 e. The molecule has 210 valence electrons. The van der Waals surface area contributed by atoms with Crippen LogP contribution in [-0.4, -0.2) is 74.2 Å². The van der Waals surface area contributed by atoms with E-state index in [4.69, 9.17) is 10.5 Å². The topological polar surface area (TPSA) is 110 Å². The number of nitrogens with two attached hydrogens (primary N) is 1. The molecule has 1 unspecified atom stereocenters. The van der Waals surface area contributed by atoms with Crippen molar-refractivity contribution in [2.45, 2.75) is 75.5 Å². The summed E-state index contributed by atoms with van der Waals surface area (Å²) in [5, 5.41) is 1.92. The molecule has 2 aromatic rings. The van der Waals surface area contributed by atoms with Gasteiger partial charge in [0.25, 0.3) is 0 Å². The third-order valence-electron chi connectivity index (χ3n) is 6.91. The molecule has 2 N–H and O–H groups in total. The molecule has 1 saturated heterocycles. The predicted molar refractivity (Wildman–Crippen MR) is 151 cm³/mol. The van der Waals surface area contributed by atoms with E-state index < -0.39 is 26.9 Å². The summed E-state index contributed by atoms with van der Waals surface area (Å²) >= 11 is 1.47. The summed E-state index contributed by atoms with van der Waals surface area (Å²) in [6.45, 7) is 10.4. The second kappa shape index (κ2) is 12.3. The van der Waals surface area contributed by atoms with Crippen molar-refractivity contribution in [3.63, 3.8) is 0 Å². The fraction of sp³-hybridized carbons (Fsp3) is 0.571. The number of sulfone groups is 1. The number of hydrogen-bond donors (Lipinski definition) is 1. The summed E-state index contributed by atoms with van der Waals surface area (Å²) in [7, 11) is -3.26. The highest BCUT2D eigenvalue weighted by molar-refractivity contribution is 7.90. The van der Waals surface area contributed by atoms with Crippen LogP contribution in [0.3, 0.4) is 0 Å². The van der Waals surface area contributed by atoms with Gasteiger partial charge in [0.1, 0.15) is 5.60 Å². The number of likely N-dealkylation sites (N-methyl/N-ethyl adjacent to an activating group) is 1. The second-order valence-corrected chi connectivity index (χ2v) is 14.0. The van der Waals surface area contributed by atoms with Crippen LogP contribution in [0.15, 0.2) is 46.7 Å².